The minimum absolute atomic E-state index is 0.374. The van der Waals surface area contributed by atoms with Crippen LogP contribution in [-0.2, 0) is 6.42 Å². The van der Waals surface area contributed by atoms with Gasteiger partial charge in [0.2, 0.25) is 0 Å². The predicted molar refractivity (Wildman–Crippen MR) is 106 cm³/mol. The molecule has 25 heavy (non-hydrogen) atoms. The monoisotopic (exact) mass is 325 g/mol. The molecule has 0 N–H and O–H groups in total. The van der Waals surface area contributed by atoms with E-state index >= 15 is 0 Å². The second kappa shape index (κ2) is 6.68. The molecule has 1 nitrogen and oxygen atoms in total. The van der Waals surface area contributed by atoms with E-state index in [0.29, 0.717) is 11.8 Å². The van der Waals surface area contributed by atoms with Crippen molar-refractivity contribution in [3.63, 3.8) is 0 Å². The van der Waals surface area contributed by atoms with Crippen molar-refractivity contribution in [2.75, 3.05) is 0 Å². The van der Waals surface area contributed by atoms with Crippen molar-refractivity contribution < 1.29 is 0 Å². The summed E-state index contributed by atoms with van der Waals surface area (Å²) in [5, 5.41) is 0. The van der Waals surface area contributed by atoms with Crippen molar-refractivity contribution in [3.8, 4) is 11.1 Å². The van der Waals surface area contributed by atoms with Gasteiger partial charge in [0.05, 0.1) is 0 Å². The molecule has 1 aliphatic carbocycles. The Labute approximate surface area is 150 Å². The van der Waals surface area contributed by atoms with Gasteiger partial charge in [-0.15, -0.1) is 0 Å². The molecule has 0 saturated carbocycles. The minimum atomic E-state index is 0.374. The fourth-order valence-corrected chi connectivity index (χ4v) is 3.58. The molecule has 1 atom stereocenters. The molecule has 1 aliphatic rings. The lowest BCUT2D eigenvalue weighted by Crippen LogP contribution is -2.08. The number of rotatable bonds is 3. The van der Waals surface area contributed by atoms with Crippen molar-refractivity contribution in [1.82, 2.24) is 4.98 Å². The van der Waals surface area contributed by atoms with Crippen molar-refractivity contribution >= 4 is 6.08 Å². The first-order valence-corrected chi connectivity index (χ1v) is 9.04. The number of fused-ring (bicyclic) bond motifs is 1. The lowest BCUT2D eigenvalue weighted by Gasteiger charge is -2.23. The molecule has 0 fully saturated rings. The lowest BCUT2D eigenvalue weighted by molar-refractivity contribution is 0.794. The van der Waals surface area contributed by atoms with Crippen LogP contribution in [0.1, 0.15) is 48.1 Å². The third kappa shape index (κ3) is 3.15. The summed E-state index contributed by atoms with van der Waals surface area (Å²) in [6, 6.07) is 21.7. The van der Waals surface area contributed by atoms with Gasteiger partial charge in [0, 0.05) is 17.8 Å². The van der Waals surface area contributed by atoms with E-state index in [1.807, 2.05) is 0 Å². The van der Waals surface area contributed by atoms with Gasteiger partial charge in [0.1, 0.15) is 0 Å². The quantitative estimate of drug-likeness (QED) is 0.556. The summed E-state index contributed by atoms with van der Waals surface area (Å²) in [4.78, 5) is 4.76. The number of allylic oxidation sites excluding steroid dienone is 1. The normalized spacial score (nSPS) is 16.0. The molecule has 0 bridgehead atoms. The fraction of sp³-hybridized carbons (Fsp3) is 0.208. The molecule has 0 amide bonds. The zero-order valence-electron chi connectivity index (χ0n) is 14.8. The average Bonchev–Trinajstić information content (AvgIpc) is 2.68. The molecule has 0 radical (unpaired) electrons. The highest BCUT2D eigenvalue weighted by Gasteiger charge is 2.20. The molecule has 1 heteroatoms. The highest BCUT2D eigenvalue weighted by Crippen LogP contribution is 2.36. The van der Waals surface area contributed by atoms with E-state index in [0.717, 1.165) is 12.1 Å². The maximum absolute atomic E-state index is 4.76. The van der Waals surface area contributed by atoms with Crippen molar-refractivity contribution in [2.45, 2.75) is 32.1 Å². The van der Waals surface area contributed by atoms with Gasteiger partial charge >= 0.3 is 0 Å². The maximum Gasteiger partial charge on any atom is 0.0435 e. The Hall–Kier alpha value is -2.67. The lowest BCUT2D eigenvalue weighted by atomic mass is 9.82. The van der Waals surface area contributed by atoms with Crippen LogP contribution in [0.3, 0.4) is 0 Å². The van der Waals surface area contributed by atoms with E-state index in [4.69, 9.17) is 4.98 Å². The summed E-state index contributed by atoms with van der Waals surface area (Å²) >= 11 is 0. The SMILES string of the molecule is CC(C)c1cc(-c2ccccc2)c(C2C=Cc3ccccc3C2)cn1. The summed E-state index contributed by atoms with van der Waals surface area (Å²) in [5.74, 6) is 0.804. The van der Waals surface area contributed by atoms with Crippen molar-refractivity contribution in [1.29, 1.82) is 0 Å². The summed E-state index contributed by atoms with van der Waals surface area (Å²) in [6.45, 7) is 4.40. The standard InChI is InChI=1S/C24H23N/c1-17(2)24-15-22(19-9-4-3-5-10-19)23(16-25-24)21-13-12-18-8-6-7-11-20(18)14-21/h3-13,15-17,21H,14H2,1-2H3. The molecule has 1 unspecified atom stereocenters. The number of nitrogens with zero attached hydrogens (tertiary/aromatic N) is 1. The Morgan fingerprint density at radius 3 is 2.52 bits per heavy atom. The average molecular weight is 325 g/mol. The molecular weight excluding hydrogens is 302 g/mol. The van der Waals surface area contributed by atoms with Gasteiger partial charge in [-0.2, -0.15) is 0 Å². The molecule has 1 heterocycles. The van der Waals surface area contributed by atoms with Crippen LogP contribution in [0.15, 0.2) is 72.9 Å². The smallest absolute Gasteiger partial charge is 0.0435 e. The van der Waals surface area contributed by atoms with Crippen LogP contribution < -0.4 is 0 Å². The van der Waals surface area contributed by atoms with Gasteiger partial charge < -0.3 is 0 Å². The second-order valence-corrected chi connectivity index (χ2v) is 7.09. The van der Waals surface area contributed by atoms with E-state index < -0.39 is 0 Å². The van der Waals surface area contributed by atoms with Crippen LogP contribution in [0, 0.1) is 0 Å². The fourth-order valence-electron chi connectivity index (χ4n) is 3.58. The van der Waals surface area contributed by atoms with E-state index in [1.165, 1.54) is 27.8 Å². The Kier molecular flexibility index (Phi) is 4.23. The molecule has 1 aromatic heterocycles. The Bertz CT molecular complexity index is 906. The zero-order valence-corrected chi connectivity index (χ0v) is 14.8. The molecule has 0 spiro atoms. The largest absolute Gasteiger partial charge is 0.261 e. The van der Waals surface area contributed by atoms with Gasteiger partial charge in [-0.05, 0) is 46.2 Å². The molecular formula is C24H23N. The molecule has 4 rings (SSSR count). The third-order valence-corrected chi connectivity index (χ3v) is 5.03. The summed E-state index contributed by atoms with van der Waals surface area (Å²) in [5.41, 5.74) is 7.82. The summed E-state index contributed by atoms with van der Waals surface area (Å²) in [7, 11) is 0. The van der Waals surface area contributed by atoms with Gasteiger partial charge in [-0.1, -0.05) is 80.6 Å². The van der Waals surface area contributed by atoms with Gasteiger partial charge in [0.15, 0.2) is 0 Å². The van der Waals surface area contributed by atoms with Crippen molar-refractivity contribution in [2.24, 2.45) is 0 Å². The van der Waals surface area contributed by atoms with Crippen molar-refractivity contribution in [3.05, 3.63) is 95.3 Å². The van der Waals surface area contributed by atoms with Crippen LogP contribution in [0.5, 0.6) is 0 Å². The molecule has 3 aromatic rings. The highest BCUT2D eigenvalue weighted by atomic mass is 14.7. The second-order valence-electron chi connectivity index (χ2n) is 7.09. The van der Waals surface area contributed by atoms with E-state index in [-0.39, 0.29) is 0 Å². The van der Waals surface area contributed by atoms with E-state index in [1.54, 1.807) is 0 Å². The van der Waals surface area contributed by atoms with Crippen LogP contribution >= 0.6 is 0 Å². The third-order valence-electron chi connectivity index (χ3n) is 5.03. The first-order chi connectivity index (χ1) is 12.2. The van der Waals surface area contributed by atoms with Crippen LogP contribution in [0.25, 0.3) is 17.2 Å². The summed E-state index contributed by atoms with van der Waals surface area (Å²) in [6.07, 6.45) is 7.73. The highest BCUT2D eigenvalue weighted by molar-refractivity contribution is 5.70. The predicted octanol–water partition coefficient (Wildman–Crippen LogP) is 6.23. The number of benzene rings is 2. The number of aromatic nitrogens is 1. The molecule has 0 saturated heterocycles. The van der Waals surface area contributed by atoms with Crippen LogP contribution in [-0.4, -0.2) is 4.98 Å². The first-order valence-electron chi connectivity index (χ1n) is 9.04. The van der Waals surface area contributed by atoms with E-state index in [2.05, 4.69) is 92.9 Å². The molecule has 124 valence electrons. The van der Waals surface area contributed by atoms with Crippen LogP contribution in [0.2, 0.25) is 0 Å². The van der Waals surface area contributed by atoms with Crippen LogP contribution in [0.4, 0.5) is 0 Å². The maximum atomic E-state index is 4.76. The van der Waals surface area contributed by atoms with Gasteiger partial charge in [0.25, 0.3) is 0 Å². The number of pyridine rings is 1. The Balaban J connectivity index is 1.80. The van der Waals surface area contributed by atoms with Gasteiger partial charge in [-0.3, -0.25) is 4.98 Å². The summed E-state index contributed by atoms with van der Waals surface area (Å²) < 4.78 is 0. The number of hydrogen-bond donors (Lipinski definition) is 0. The topological polar surface area (TPSA) is 12.9 Å². The zero-order chi connectivity index (χ0) is 17.2. The minimum Gasteiger partial charge on any atom is -0.261 e. The Morgan fingerprint density at radius 1 is 0.960 bits per heavy atom. The number of hydrogen-bond acceptors (Lipinski definition) is 1. The van der Waals surface area contributed by atoms with Gasteiger partial charge in [-0.25, -0.2) is 0 Å². The Morgan fingerprint density at radius 2 is 1.72 bits per heavy atom. The first kappa shape index (κ1) is 15.8. The molecule has 2 aromatic carbocycles. The van der Waals surface area contributed by atoms with E-state index in [9.17, 15) is 0 Å². The molecule has 0 aliphatic heterocycles.